The van der Waals surface area contributed by atoms with Gasteiger partial charge in [-0.05, 0) is 35.8 Å². The number of aryl methyl sites for hydroxylation is 1. The number of thioether (sulfide) groups is 1. The van der Waals surface area contributed by atoms with Crippen molar-refractivity contribution < 1.29 is 4.79 Å². The molecule has 0 atom stereocenters. The van der Waals surface area contributed by atoms with Crippen LogP contribution in [0.5, 0.6) is 0 Å². The van der Waals surface area contributed by atoms with Gasteiger partial charge in [0, 0.05) is 24.4 Å². The Morgan fingerprint density at radius 1 is 1.24 bits per heavy atom. The second-order valence-corrected chi connectivity index (χ2v) is 7.56. The van der Waals surface area contributed by atoms with E-state index in [1.807, 2.05) is 23.6 Å². The van der Waals surface area contributed by atoms with Crippen molar-refractivity contribution in [3.63, 3.8) is 0 Å². The molecule has 0 fully saturated rings. The van der Waals surface area contributed by atoms with Gasteiger partial charge in [-0.1, -0.05) is 18.2 Å². The first-order valence-electron chi connectivity index (χ1n) is 8.11. The van der Waals surface area contributed by atoms with E-state index in [1.54, 1.807) is 17.8 Å². The van der Waals surface area contributed by atoms with Crippen LogP contribution in [-0.2, 0) is 11.3 Å². The van der Waals surface area contributed by atoms with Crippen LogP contribution in [0, 0.1) is 0 Å². The van der Waals surface area contributed by atoms with Crippen molar-refractivity contribution >= 4 is 39.2 Å². The molecular weight excluding hydrogens is 354 g/mol. The van der Waals surface area contributed by atoms with Crippen LogP contribution in [0.2, 0.25) is 0 Å². The highest BCUT2D eigenvalue weighted by Gasteiger charge is 2.07. The highest BCUT2D eigenvalue weighted by atomic mass is 32.2. The Balaban J connectivity index is 1.37. The van der Waals surface area contributed by atoms with Gasteiger partial charge in [0.2, 0.25) is 5.91 Å². The van der Waals surface area contributed by atoms with Gasteiger partial charge in [0.25, 0.3) is 5.56 Å². The summed E-state index contributed by atoms with van der Waals surface area (Å²) in [5.74, 6) is 0.921. The summed E-state index contributed by atoms with van der Waals surface area (Å²) in [5, 5.41) is 5.37. The molecule has 25 heavy (non-hydrogen) atoms. The zero-order chi connectivity index (χ0) is 17.5. The number of thiophene rings is 1. The topological polar surface area (TPSA) is 64.0 Å². The molecular formula is C18H19N3O2S2. The van der Waals surface area contributed by atoms with E-state index >= 15 is 0 Å². The van der Waals surface area contributed by atoms with E-state index in [1.165, 1.54) is 27.1 Å². The number of amides is 1. The zero-order valence-electron chi connectivity index (χ0n) is 13.7. The van der Waals surface area contributed by atoms with Gasteiger partial charge in [0.1, 0.15) is 4.83 Å². The molecule has 0 aliphatic carbocycles. The fraction of sp³-hybridized carbons (Fsp3) is 0.278. The third-order valence-corrected chi connectivity index (χ3v) is 5.60. The van der Waals surface area contributed by atoms with E-state index in [-0.39, 0.29) is 17.9 Å². The minimum atomic E-state index is -0.0849. The second kappa shape index (κ2) is 8.82. The lowest BCUT2D eigenvalue weighted by atomic mass is 10.3. The van der Waals surface area contributed by atoms with E-state index in [0.29, 0.717) is 18.5 Å². The number of carbonyl (C=O) groups is 1. The lowest BCUT2D eigenvalue weighted by Gasteiger charge is -2.07. The third-order valence-electron chi connectivity index (χ3n) is 3.69. The van der Waals surface area contributed by atoms with E-state index in [0.717, 1.165) is 17.0 Å². The van der Waals surface area contributed by atoms with Gasteiger partial charge in [-0.25, -0.2) is 4.98 Å². The molecule has 0 saturated heterocycles. The Hall–Kier alpha value is -2.12. The smallest absolute Gasteiger partial charge is 0.262 e. The summed E-state index contributed by atoms with van der Waals surface area (Å²) in [6.45, 7) is 0.998. The Kier molecular flexibility index (Phi) is 6.25. The van der Waals surface area contributed by atoms with Crippen molar-refractivity contribution in [2.24, 2.45) is 0 Å². The molecule has 7 heteroatoms. The van der Waals surface area contributed by atoms with Crippen LogP contribution in [0.3, 0.4) is 0 Å². The first kappa shape index (κ1) is 17.7. The predicted molar refractivity (Wildman–Crippen MR) is 103 cm³/mol. The van der Waals surface area contributed by atoms with Gasteiger partial charge in [0.05, 0.1) is 11.7 Å². The number of nitrogens with zero attached hydrogens (tertiary/aromatic N) is 2. The molecule has 0 bridgehead atoms. The number of aromatic nitrogens is 2. The molecule has 5 nitrogen and oxygen atoms in total. The average Bonchev–Trinajstić information content (AvgIpc) is 3.11. The number of rotatable bonds is 8. The van der Waals surface area contributed by atoms with Gasteiger partial charge in [0.15, 0.2) is 0 Å². The molecule has 1 amide bonds. The van der Waals surface area contributed by atoms with E-state index in [4.69, 9.17) is 0 Å². The molecule has 0 aliphatic heterocycles. The summed E-state index contributed by atoms with van der Waals surface area (Å²) in [5.41, 5.74) is -0.0849. The van der Waals surface area contributed by atoms with Gasteiger partial charge >= 0.3 is 0 Å². The summed E-state index contributed by atoms with van der Waals surface area (Å²) < 4.78 is 1.50. The van der Waals surface area contributed by atoms with Crippen molar-refractivity contribution in [2.75, 3.05) is 12.3 Å². The van der Waals surface area contributed by atoms with E-state index < -0.39 is 0 Å². The monoisotopic (exact) mass is 373 g/mol. The van der Waals surface area contributed by atoms with Gasteiger partial charge in [-0.15, -0.1) is 23.1 Å². The van der Waals surface area contributed by atoms with Crippen LogP contribution in [0.25, 0.3) is 10.2 Å². The lowest BCUT2D eigenvalue weighted by molar-refractivity contribution is -0.121. The highest BCUT2D eigenvalue weighted by Crippen LogP contribution is 2.17. The van der Waals surface area contributed by atoms with Crippen molar-refractivity contribution in [3.05, 3.63) is 58.5 Å². The molecule has 2 heterocycles. The highest BCUT2D eigenvalue weighted by molar-refractivity contribution is 7.99. The molecule has 3 aromatic rings. The fourth-order valence-corrected chi connectivity index (χ4v) is 3.97. The van der Waals surface area contributed by atoms with Gasteiger partial charge < -0.3 is 5.32 Å². The summed E-state index contributed by atoms with van der Waals surface area (Å²) in [4.78, 5) is 30.4. The Bertz CT molecular complexity index is 890. The van der Waals surface area contributed by atoms with Crippen LogP contribution >= 0.6 is 23.1 Å². The quantitative estimate of drug-likeness (QED) is 0.487. The maximum atomic E-state index is 12.2. The molecule has 0 aliphatic rings. The number of carbonyl (C=O) groups excluding carboxylic acids is 1. The fourth-order valence-electron chi connectivity index (χ4n) is 2.37. The molecule has 0 saturated carbocycles. The average molecular weight is 374 g/mol. The largest absolute Gasteiger partial charge is 0.356 e. The van der Waals surface area contributed by atoms with Crippen molar-refractivity contribution in [1.29, 1.82) is 0 Å². The first-order valence-corrected chi connectivity index (χ1v) is 9.98. The number of hydrogen-bond acceptors (Lipinski definition) is 5. The van der Waals surface area contributed by atoms with Gasteiger partial charge in [-0.2, -0.15) is 0 Å². The molecule has 3 rings (SSSR count). The second-order valence-electron chi connectivity index (χ2n) is 5.50. The van der Waals surface area contributed by atoms with Crippen LogP contribution in [0.15, 0.2) is 57.8 Å². The van der Waals surface area contributed by atoms with E-state index in [2.05, 4.69) is 22.4 Å². The molecule has 0 unspecified atom stereocenters. The number of hydrogen-bond donors (Lipinski definition) is 1. The van der Waals surface area contributed by atoms with Crippen LogP contribution < -0.4 is 10.9 Å². The maximum absolute atomic E-state index is 12.2. The molecule has 0 radical (unpaired) electrons. The normalized spacial score (nSPS) is 10.9. The molecule has 130 valence electrons. The molecule has 0 spiro atoms. The van der Waals surface area contributed by atoms with Crippen molar-refractivity contribution in [1.82, 2.24) is 14.9 Å². The zero-order valence-corrected chi connectivity index (χ0v) is 15.3. The summed E-state index contributed by atoms with van der Waals surface area (Å²) in [6.07, 6.45) is 2.71. The minimum absolute atomic E-state index is 0.0398. The van der Waals surface area contributed by atoms with Crippen LogP contribution in [0.4, 0.5) is 0 Å². The summed E-state index contributed by atoms with van der Waals surface area (Å²) >= 11 is 3.23. The minimum Gasteiger partial charge on any atom is -0.356 e. The van der Waals surface area contributed by atoms with Crippen molar-refractivity contribution in [2.45, 2.75) is 24.3 Å². The number of fused-ring (bicyclic) bond motifs is 1. The SMILES string of the molecule is O=C(CCn1cnc2sccc2c1=O)NCCCSc1ccccc1. The summed E-state index contributed by atoms with van der Waals surface area (Å²) in [7, 11) is 0. The number of benzene rings is 1. The molecule has 2 aromatic heterocycles. The van der Waals surface area contributed by atoms with E-state index in [9.17, 15) is 9.59 Å². The number of nitrogens with one attached hydrogen (secondary N) is 1. The molecule has 1 N–H and O–H groups in total. The lowest BCUT2D eigenvalue weighted by Crippen LogP contribution is -2.28. The molecule has 1 aromatic carbocycles. The van der Waals surface area contributed by atoms with Gasteiger partial charge in [-0.3, -0.25) is 14.2 Å². The standard InChI is InChI=1S/C18H19N3O2S2/c22-16(19-9-4-11-24-14-5-2-1-3-6-14)7-10-21-13-20-17-15(18(21)23)8-12-25-17/h1-3,5-6,8,12-13H,4,7,9-11H2,(H,19,22). The van der Waals surface area contributed by atoms with Crippen molar-refractivity contribution in [3.8, 4) is 0 Å². The Labute approximate surface area is 154 Å². The Morgan fingerprint density at radius 3 is 2.92 bits per heavy atom. The Morgan fingerprint density at radius 2 is 2.08 bits per heavy atom. The third kappa shape index (κ3) is 4.93. The van der Waals surface area contributed by atoms with Crippen LogP contribution in [0.1, 0.15) is 12.8 Å². The van der Waals surface area contributed by atoms with Crippen LogP contribution in [-0.4, -0.2) is 27.8 Å². The predicted octanol–water partition coefficient (Wildman–Crippen LogP) is 3.15. The maximum Gasteiger partial charge on any atom is 0.262 e. The first-order chi connectivity index (χ1) is 12.2. The summed E-state index contributed by atoms with van der Waals surface area (Å²) in [6, 6.07) is 12.0.